The highest BCUT2D eigenvalue weighted by Gasteiger charge is 2.43. The fraction of sp³-hybridized carbons (Fsp3) is 0.471. The van der Waals surface area contributed by atoms with Crippen molar-refractivity contribution in [1.29, 1.82) is 0 Å². The molecular formula is C17H18N4O4. The first-order chi connectivity index (χ1) is 12.1. The lowest BCUT2D eigenvalue weighted by Crippen LogP contribution is -2.45. The Bertz CT molecular complexity index is 822. The molecule has 2 aromatic rings. The molecule has 2 aromatic heterocycles. The molecule has 130 valence electrons. The molecule has 0 atom stereocenters. The number of hydrogen-bond donors (Lipinski definition) is 2. The van der Waals surface area contributed by atoms with Crippen LogP contribution in [0.5, 0.6) is 0 Å². The smallest absolute Gasteiger partial charge is 0.354 e. The molecule has 4 rings (SSSR count). The number of aromatic carboxylic acids is 1. The van der Waals surface area contributed by atoms with Gasteiger partial charge in [0.25, 0.3) is 5.91 Å². The largest absolute Gasteiger partial charge is 0.477 e. The third kappa shape index (κ3) is 2.99. The van der Waals surface area contributed by atoms with Crippen molar-refractivity contribution in [3.63, 3.8) is 0 Å². The van der Waals surface area contributed by atoms with E-state index in [0.717, 1.165) is 38.5 Å². The van der Waals surface area contributed by atoms with E-state index < -0.39 is 17.4 Å². The fourth-order valence-corrected chi connectivity index (χ4v) is 3.27. The van der Waals surface area contributed by atoms with Crippen molar-refractivity contribution in [2.45, 2.75) is 50.0 Å². The molecule has 2 aliphatic carbocycles. The summed E-state index contributed by atoms with van der Waals surface area (Å²) < 4.78 is 5.36. The second-order valence-electron chi connectivity index (χ2n) is 6.69. The summed E-state index contributed by atoms with van der Waals surface area (Å²) in [4.78, 5) is 32.1. The van der Waals surface area contributed by atoms with Crippen LogP contribution in [0.25, 0.3) is 0 Å². The van der Waals surface area contributed by atoms with Gasteiger partial charge in [0.05, 0.1) is 0 Å². The predicted octanol–water partition coefficient (Wildman–Crippen LogP) is 2.24. The van der Waals surface area contributed by atoms with Crippen LogP contribution in [-0.4, -0.2) is 32.1 Å². The second kappa shape index (κ2) is 5.94. The number of hydrogen-bond acceptors (Lipinski definition) is 6. The number of carbonyl (C=O) groups is 2. The highest BCUT2D eigenvalue weighted by molar-refractivity contribution is 5.94. The monoisotopic (exact) mass is 342 g/mol. The highest BCUT2D eigenvalue weighted by atomic mass is 16.5. The van der Waals surface area contributed by atoms with E-state index in [1.807, 2.05) is 0 Å². The summed E-state index contributed by atoms with van der Waals surface area (Å²) >= 11 is 0. The summed E-state index contributed by atoms with van der Waals surface area (Å²) in [5, 5.41) is 16.1. The first-order valence-electron chi connectivity index (χ1n) is 8.44. The zero-order chi connectivity index (χ0) is 17.4. The molecule has 0 spiro atoms. The average Bonchev–Trinajstić information content (AvgIpc) is 3.15. The first-order valence-corrected chi connectivity index (χ1v) is 8.44. The summed E-state index contributed by atoms with van der Waals surface area (Å²) in [6.45, 7) is 0. The number of nitrogens with one attached hydrogen (secondary N) is 1. The van der Waals surface area contributed by atoms with Gasteiger partial charge >= 0.3 is 5.97 Å². The van der Waals surface area contributed by atoms with Gasteiger partial charge in [-0.25, -0.2) is 9.78 Å². The molecule has 2 saturated carbocycles. The van der Waals surface area contributed by atoms with Crippen LogP contribution >= 0.6 is 0 Å². The SMILES string of the molecule is O=C(O)c1cccc(C(=O)NC2(c3noc(C4CC4)n3)CCCC2)n1. The summed E-state index contributed by atoms with van der Waals surface area (Å²) in [6, 6.07) is 4.36. The standard InChI is InChI=1S/C17H18N4O4/c22-13(11-4-3-5-12(18-11)15(23)24)20-17(8-1-2-9-17)16-19-14(25-21-16)10-6-7-10/h3-5,10H,1-2,6-9H2,(H,20,22)(H,23,24). The van der Waals surface area contributed by atoms with Crippen LogP contribution < -0.4 is 5.32 Å². The maximum Gasteiger partial charge on any atom is 0.354 e. The highest BCUT2D eigenvalue weighted by Crippen LogP contribution is 2.42. The van der Waals surface area contributed by atoms with E-state index in [9.17, 15) is 9.59 Å². The number of carboxylic acids is 1. The minimum atomic E-state index is -1.17. The third-order valence-electron chi connectivity index (χ3n) is 4.81. The Morgan fingerprint density at radius 2 is 1.88 bits per heavy atom. The van der Waals surface area contributed by atoms with Crippen LogP contribution in [0.4, 0.5) is 0 Å². The second-order valence-corrected chi connectivity index (χ2v) is 6.69. The summed E-state index contributed by atoms with van der Waals surface area (Å²) in [5.41, 5.74) is -0.768. The van der Waals surface area contributed by atoms with Gasteiger partial charge in [-0.3, -0.25) is 4.79 Å². The Kier molecular flexibility index (Phi) is 3.74. The van der Waals surface area contributed by atoms with E-state index in [1.54, 1.807) is 0 Å². The normalized spacial score (nSPS) is 18.9. The Balaban J connectivity index is 1.59. The maximum atomic E-state index is 12.7. The van der Waals surface area contributed by atoms with Gasteiger partial charge in [0.15, 0.2) is 5.82 Å². The van der Waals surface area contributed by atoms with Gasteiger partial charge in [-0.2, -0.15) is 4.98 Å². The van der Waals surface area contributed by atoms with Crippen molar-refractivity contribution in [3.8, 4) is 0 Å². The Morgan fingerprint density at radius 3 is 2.56 bits per heavy atom. The van der Waals surface area contributed by atoms with Crippen molar-refractivity contribution >= 4 is 11.9 Å². The van der Waals surface area contributed by atoms with Gasteiger partial charge in [-0.05, 0) is 37.8 Å². The van der Waals surface area contributed by atoms with Crippen molar-refractivity contribution in [2.24, 2.45) is 0 Å². The van der Waals surface area contributed by atoms with E-state index in [4.69, 9.17) is 9.63 Å². The summed E-state index contributed by atoms with van der Waals surface area (Å²) in [5.74, 6) is -0.0965. The molecule has 0 radical (unpaired) electrons. The maximum absolute atomic E-state index is 12.7. The van der Waals surface area contributed by atoms with Crippen LogP contribution in [0.1, 0.15) is 77.1 Å². The molecule has 8 heteroatoms. The molecule has 8 nitrogen and oxygen atoms in total. The third-order valence-corrected chi connectivity index (χ3v) is 4.81. The predicted molar refractivity (Wildman–Crippen MR) is 85.1 cm³/mol. The number of pyridine rings is 1. The fourth-order valence-electron chi connectivity index (χ4n) is 3.27. The molecule has 0 bridgehead atoms. The Labute approximate surface area is 143 Å². The lowest BCUT2D eigenvalue weighted by atomic mass is 9.96. The van der Waals surface area contributed by atoms with E-state index in [0.29, 0.717) is 17.6 Å². The molecule has 0 saturated heterocycles. The lowest BCUT2D eigenvalue weighted by Gasteiger charge is -2.26. The van der Waals surface area contributed by atoms with Crippen molar-refractivity contribution < 1.29 is 19.2 Å². The molecule has 2 aliphatic rings. The topological polar surface area (TPSA) is 118 Å². The number of rotatable bonds is 5. The zero-order valence-electron chi connectivity index (χ0n) is 13.6. The van der Waals surface area contributed by atoms with Gasteiger partial charge < -0.3 is 14.9 Å². The molecule has 0 aromatic carbocycles. The molecule has 2 N–H and O–H groups in total. The lowest BCUT2D eigenvalue weighted by molar-refractivity contribution is 0.0690. The summed E-state index contributed by atoms with van der Waals surface area (Å²) in [6.07, 6.45) is 5.48. The molecule has 0 aliphatic heterocycles. The van der Waals surface area contributed by atoms with Crippen LogP contribution in [0, 0.1) is 0 Å². The van der Waals surface area contributed by atoms with Gasteiger partial charge in [0, 0.05) is 5.92 Å². The molecule has 2 heterocycles. The number of carbonyl (C=O) groups excluding carboxylic acids is 1. The number of amides is 1. The van der Waals surface area contributed by atoms with Gasteiger partial charge in [-0.15, -0.1) is 0 Å². The Hall–Kier alpha value is -2.77. The van der Waals surface area contributed by atoms with E-state index in [1.165, 1.54) is 18.2 Å². The number of nitrogens with zero attached hydrogens (tertiary/aromatic N) is 3. The minimum absolute atomic E-state index is 0.0667. The van der Waals surface area contributed by atoms with Crippen LogP contribution in [-0.2, 0) is 5.54 Å². The molecule has 1 amide bonds. The molecule has 25 heavy (non-hydrogen) atoms. The van der Waals surface area contributed by atoms with Crippen LogP contribution in [0.2, 0.25) is 0 Å². The minimum Gasteiger partial charge on any atom is -0.477 e. The van der Waals surface area contributed by atoms with Crippen molar-refractivity contribution in [3.05, 3.63) is 41.3 Å². The first kappa shape index (κ1) is 15.7. The van der Waals surface area contributed by atoms with E-state index in [-0.39, 0.29) is 11.4 Å². The van der Waals surface area contributed by atoms with Crippen LogP contribution in [0.3, 0.4) is 0 Å². The number of aromatic nitrogens is 3. The average molecular weight is 342 g/mol. The van der Waals surface area contributed by atoms with Gasteiger partial charge in [-0.1, -0.05) is 24.1 Å². The van der Waals surface area contributed by atoms with Gasteiger partial charge in [0.1, 0.15) is 16.9 Å². The summed E-state index contributed by atoms with van der Waals surface area (Å²) in [7, 11) is 0. The van der Waals surface area contributed by atoms with Crippen molar-refractivity contribution in [1.82, 2.24) is 20.4 Å². The number of carboxylic acid groups (broad SMARTS) is 1. The van der Waals surface area contributed by atoms with E-state index in [2.05, 4.69) is 20.4 Å². The quantitative estimate of drug-likeness (QED) is 0.855. The van der Waals surface area contributed by atoms with E-state index >= 15 is 0 Å². The van der Waals surface area contributed by atoms with Crippen LogP contribution in [0.15, 0.2) is 22.7 Å². The van der Waals surface area contributed by atoms with Gasteiger partial charge in [0.2, 0.25) is 5.89 Å². The molecule has 2 fully saturated rings. The van der Waals surface area contributed by atoms with Crippen molar-refractivity contribution in [2.75, 3.05) is 0 Å². The molecule has 0 unspecified atom stereocenters. The molecular weight excluding hydrogens is 324 g/mol. The zero-order valence-corrected chi connectivity index (χ0v) is 13.6. The Morgan fingerprint density at radius 1 is 1.16 bits per heavy atom.